The van der Waals surface area contributed by atoms with Crippen LogP contribution in [0.3, 0.4) is 0 Å². The predicted molar refractivity (Wildman–Crippen MR) is 130 cm³/mol. The number of para-hydroxylation sites is 1. The zero-order valence-electron chi connectivity index (χ0n) is 19.2. The van der Waals surface area contributed by atoms with E-state index in [-0.39, 0.29) is 12.3 Å². The molecule has 34 heavy (non-hydrogen) atoms. The number of carbonyl (C=O) groups excluding carboxylic acids is 3. The van der Waals surface area contributed by atoms with Crippen molar-refractivity contribution in [3.8, 4) is 11.5 Å². The number of hydrogen-bond acceptors (Lipinski definition) is 5. The second kappa shape index (κ2) is 12.2. The van der Waals surface area contributed by atoms with Crippen LogP contribution in [0, 0.1) is 5.92 Å². The Morgan fingerprint density at radius 3 is 2.12 bits per heavy atom. The number of ketones is 1. The average molecular weight is 461 g/mol. The SMILES string of the molecule is COc1ccc(CCNC(=O)CC(C(=O)Nc2ccccc2)C(=O)c2ccccc2)cc1OC. The van der Waals surface area contributed by atoms with Crippen molar-refractivity contribution in [2.24, 2.45) is 5.92 Å². The zero-order valence-corrected chi connectivity index (χ0v) is 19.2. The van der Waals surface area contributed by atoms with E-state index in [1.54, 1.807) is 74.9 Å². The van der Waals surface area contributed by atoms with Crippen molar-refractivity contribution in [2.75, 3.05) is 26.1 Å². The van der Waals surface area contributed by atoms with Gasteiger partial charge in [0.2, 0.25) is 11.8 Å². The number of rotatable bonds is 11. The van der Waals surface area contributed by atoms with Gasteiger partial charge in [-0.2, -0.15) is 0 Å². The lowest BCUT2D eigenvalue weighted by Gasteiger charge is -2.16. The molecule has 7 nitrogen and oxygen atoms in total. The summed E-state index contributed by atoms with van der Waals surface area (Å²) in [6.45, 7) is 0.348. The number of carbonyl (C=O) groups is 3. The van der Waals surface area contributed by atoms with Gasteiger partial charge in [-0.05, 0) is 36.2 Å². The van der Waals surface area contributed by atoms with E-state index in [2.05, 4.69) is 10.6 Å². The first-order valence-electron chi connectivity index (χ1n) is 10.9. The minimum Gasteiger partial charge on any atom is -0.493 e. The van der Waals surface area contributed by atoms with E-state index in [0.717, 1.165) is 5.56 Å². The summed E-state index contributed by atoms with van der Waals surface area (Å²) < 4.78 is 10.5. The Bertz CT molecular complexity index is 1120. The topological polar surface area (TPSA) is 93.7 Å². The number of Topliss-reactive ketones (excluding diaryl/α,β-unsaturated/α-hetero) is 1. The number of benzene rings is 3. The van der Waals surface area contributed by atoms with Crippen molar-refractivity contribution in [3.05, 3.63) is 90.0 Å². The molecule has 0 saturated heterocycles. The highest BCUT2D eigenvalue weighted by atomic mass is 16.5. The van der Waals surface area contributed by atoms with E-state index in [1.165, 1.54) is 0 Å². The monoisotopic (exact) mass is 460 g/mol. The molecule has 0 aliphatic rings. The van der Waals surface area contributed by atoms with E-state index in [0.29, 0.717) is 35.7 Å². The van der Waals surface area contributed by atoms with Crippen LogP contribution in [-0.2, 0) is 16.0 Å². The Morgan fingerprint density at radius 2 is 1.47 bits per heavy atom. The van der Waals surface area contributed by atoms with Crippen molar-refractivity contribution >= 4 is 23.3 Å². The number of amides is 2. The van der Waals surface area contributed by atoms with E-state index in [9.17, 15) is 14.4 Å². The Morgan fingerprint density at radius 1 is 0.824 bits per heavy atom. The number of methoxy groups -OCH3 is 2. The molecule has 0 fully saturated rings. The van der Waals surface area contributed by atoms with E-state index < -0.39 is 17.6 Å². The summed E-state index contributed by atoms with van der Waals surface area (Å²) in [6.07, 6.45) is 0.304. The Kier molecular flexibility index (Phi) is 8.80. The van der Waals surface area contributed by atoms with Gasteiger partial charge in [0.05, 0.1) is 14.2 Å². The third-order valence-electron chi connectivity index (χ3n) is 5.31. The molecule has 0 bridgehead atoms. The summed E-state index contributed by atoms with van der Waals surface area (Å²) in [6, 6.07) is 22.9. The molecule has 2 amide bonds. The summed E-state index contributed by atoms with van der Waals surface area (Å²) in [5.41, 5.74) is 1.90. The van der Waals surface area contributed by atoms with Crippen molar-refractivity contribution in [3.63, 3.8) is 0 Å². The van der Waals surface area contributed by atoms with Crippen LogP contribution < -0.4 is 20.1 Å². The van der Waals surface area contributed by atoms with Gasteiger partial charge in [0.15, 0.2) is 17.3 Å². The summed E-state index contributed by atoms with van der Waals surface area (Å²) >= 11 is 0. The van der Waals surface area contributed by atoms with Gasteiger partial charge in [-0.15, -0.1) is 0 Å². The number of hydrogen-bond donors (Lipinski definition) is 2. The lowest BCUT2D eigenvalue weighted by atomic mass is 9.93. The second-order valence-corrected chi connectivity index (χ2v) is 7.63. The van der Waals surface area contributed by atoms with Crippen molar-refractivity contribution < 1.29 is 23.9 Å². The molecule has 3 rings (SSSR count). The molecule has 0 saturated carbocycles. The van der Waals surface area contributed by atoms with Gasteiger partial charge >= 0.3 is 0 Å². The predicted octanol–water partition coefficient (Wildman–Crippen LogP) is 3.89. The maximum atomic E-state index is 13.1. The smallest absolute Gasteiger partial charge is 0.235 e. The highest BCUT2D eigenvalue weighted by Crippen LogP contribution is 2.27. The van der Waals surface area contributed by atoms with Gasteiger partial charge in [-0.25, -0.2) is 0 Å². The highest BCUT2D eigenvalue weighted by molar-refractivity contribution is 6.15. The summed E-state index contributed by atoms with van der Waals surface area (Å²) in [5, 5.41) is 5.55. The van der Waals surface area contributed by atoms with Crippen LogP contribution >= 0.6 is 0 Å². The first-order chi connectivity index (χ1) is 16.5. The number of anilines is 1. The van der Waals surface area contributed by atoms with E-state index in [4.69, 9.17) is 9.47 Å². The Hall–Kier alpha value is -4.13. The summed E-state index contributed by atoms with van der Waals surface area (Å²) in [7, 11) is 3.13. The molecule has 0 aliphatic heterocycles. The molecular weight excluding hydrogens is 432 g/mol. The molecule has 0 aromatic heterocycles. The minimum absolute atomic E-state index is 0.252. The van der Waals surface area contributed by atoms with E-state index >= 15 is 0 Å². The fourth-order valence-electron chi connectivity index (χ4n) is 3.50. The van der Waals surface area contributed by atoms with Gasteiger partial charge < -0.3 is 20.1 Å². The highest BCUT2D eigenvalue weighted by Gasteiger charge is 2.30. The molecule has 2 N–H and O–H groups in total. The van der Waals surface area contributed by atoms with Crippen LogP contribution in [0.2, 0.25) is 0 Å². The maximum absolute atomic E-state index is 13.1. The molecule has 1 atom stereocenters. The molecule has 0 radical (unpaired) electrons. The van der Waals surface area contributed by atoms with Crippen LogP contribution in [0.1, 0.15) is 22.3 Å². The molecule has 3 aromatic carbocycles. The quantitative estimate of drug-likeness (QED) is 0.335. The fourth-order valence-corrected chi connectivity index (χ4v) is 3.50. The molecule has 176 valence electrons. The second-order valence-electron chi connectivity index (χ2n) is 7.63. The third-order valence-corrected chi connectivity index (χ3v) is 5.31. The largest absolute Gasteiger partial charge is 0.493 e. The Labute approximate surface area is 199 Å². The zero-order chi connectivity index (χ0) is 24.3. The van der Waals surface area contributed by atoms with Crippen molar-refractivity contribution in [1.82, 2.24) is 5.32 Å². The first kappa shape index (κ1) is 24.5. The Balaban J connectivity index is 1.64. The minimum atomic E-state index is -1.15. The van der Waals surface area contributed by atoms with Crippen molar-refractivity contribution in [1.29, 1.82) is 0 Å². The van der Waals surface area contributed by atoms with E-state index in [1.807, 2.05) is 18.2 Å². The fraction of sp³-hybridized carbons (Fsp3) is 0.222. The van der Waals surface area contributed by atoms with Gasteiger partial charge in [0.25, 0.3) is 0 Å². The lowest BCUT2D eigenvalue weighted by Crippen LogP contribution is -2.36. The van der Waals surface area contributed by atoms with Crippen LogP contribution in [0.5, 0.6) is 11.5 Å². The van der Waals surface area contributed by atoms with Gasteiger partial charge in [0.1, 0.15) is 5.92 Å². The standard InChI is InChI=1S/C27H28N2O5/c1-33-23-14-13-19(17-24(23)34-2)15-16-28-25(30)18-22(26(31)20-9-5-3-6-10-20)27(32)29-21-11-7-4-8-12-21/h3-14,17,22H,15-16,18H2,1-2H3,(H,28,30)(H,29,32). The van der Waals surface area contributed by atoms with Gasteiger partial charge in [-0.1, -0.05) is 54.6 Å². The normalized spacial score (nSPS) is 11.2. The first-order valence-corrected chi connectivity index (χ1v) is 10.9. The molecular formula is C27H28N2O5. The molecule has 3 aromatic rings. The van der Waals surface area contributed by atoms with Gasteiger partial charge in [-0.3, -0.25) is 14.4 Å². The average Bonchev–Trinajstić information content (AvgIpc) is 2.87. The summed E-state index contributed by atoms with van der Waals surface area (Å²) in [5.74, 6) is -1.21. The molecule has 0 aliphatic carbocycles. The van der Waals surface area contributed by atoms with Crippen molar-refractivity contribution in [2.45, 2.75) is 12.8 Å². The number of ether oxygens (including phenoxy) is 2. The molecule has 7 heteroatoms. The lowest BCUT2D eigenvalue weighted by molar-refractivity contribution is -0.126. The molecule has 1 unspecified atom stereocenters. The third kappa shape index (κ3) is 6.68. The maximum Gasteiger partial charge on any atom is 0.235 e. The summed E-state index contributed by atoms with van der Waals surface area (Å²) in [4.78, 5) is 38.7. The van der Waals surface area contributed by atoms with Crippen LogP contribution in [0.4, 0.5) is 5.69 Å². The molecule has 0 spiro atoms. The number of nitrogens with one attached hydrogen (secondary N) is 2. The van der Waals surface area contributed by atoms with Crippen LogP contribution in [0.25, 0.3) is 0 Å². The molecule has 0 heterocycles. The van der Waals surface area contributed by atoms with Crippen LogP contribution in [-0.4, -0.2) is 38.4 Å². The van der Waals surface area contributed by atoms with Gasteiger partial charge in [0, 0.05) is 24.2 Å². The van der Waals surface area contributed by atoms with Crippen LogP contribution in [0.15, 0.2) is 78.9 Å².